The zero-order valence-electron chi connectivity index (χ0n) is 14.4. The molecule has 0 aliphatic rings. The van der Waals surface area contributed by atoms with Gasteiger partial charge in [0.05, 0.1) is 0 Å². The van der Waals surface area contributed by atoms with E-state index >= 15 is 0 Å². The highest BCUT2D eigenvalue weighted by Gasteiger charge is 2.29. The molecule has 2 heteroatoms. The molecule has 0 aliphatic heterocycles. The first-order chi connectivity index (χ1) is 9.09. The summed E-state index contributed by atoms with van der Waals surface area (Å²) in [6.07, 6.45) is 6.43. The van der Waals surface area contributed by atoms with Crippen molar-refractivity contribution < 1.29 is 0 Å². The predicted octanol–water partition coefficient (Wildman–Crippen LogP) is 4.30. The van der Waals surface area contributed by atoms with Gasteiger partial charge in [0.2, 0.25) is 0 Å². The fourth-order valence-corrected chi connectivity index (χ4v) is 2.68. The molecule has 2 nitrogen and oxygen atoms in total. The van der Waals surface area contributed by atoms with E-state index in [9.17, 15) is 0 Å². The van der Waals surface area contributed by atoms with Crippen molar-refractivity contribution in [3.05, 3.63) is 0 Å². The Kier molecular flexibility index (Phi) is 10.6. The van der Waals surface area contributed by atoms with E-state index in [-0.39, 0.29) is 0 Å². The summed E-state index contributed by atoms with van der Waals surface area (Å²) in [4.78, 5) is 2.73. The average Bonchev–Trinajstić information content (AvgIpc) is 2.46. The number of hydrogen-bond acceptors (Lipinski definition) is 2. The van der Waals surface area contributed by atoms with Crippen molar-refractivity contribution in [2.75, 3.05) is 26.2 Å². The Hall–Kier alpha value is -0.0800. The molecule has 0 aromatic carbocycles. The SMILES string of the molecule is CCCCN(CC(CC)(CC)CNCC)C(C)CC. The maximum Gasteiger partial charge on any atom is 0.00645 e. The summed E-state index contributed by atoms with van der Waals surface area (Å²) in [6, 6.07) is 0.714. The molecule has 0 saturated heterocycles. The summed E-state index contributed by atoms with van der Waals surface area (Å²) in [5, 5.41) is 3.58. The van der Waals surface area contributed by atoms with Gasteiger partial charge in [0, 0.05) is 19.1 Å². The lowest BCUT2D eigenvalue weighted by Crippen LogP contribution is -2.46. The van der Waals surface area contributed by atoms with E-state index in [0.29, 0.717) is 11.5 Å². The lowest BCUT2D eigenvalue weighted by molar-refractivity contribution is 0.101. The summed E-state index contributed by atoms with van der Waals surface area (Å²) in [5.41, 5.74) is 0.452. The third kappa shape index (κ3) is 6.76. The molecule has 0 rings (SSSR count). The van der Waals surface area contributed by atoms with Gasteiger partial charge in [0.15, 0.2) is 0 Å². The Balaban J connectivity index is 4.70. The van der Waals surface area contributed by atoms with E-state index in [1.54, 1.807) is 0 Å². The minimum Gasteiger partial charge on any atom is -0.316 e. The molecule has 0 saturated carbocycles. The van der Waals surface area contributed by atoms with Crippen molar-refractivity contribution in [2.45, 2.75) is 79.7 Å². The number of rotatable bonds is 12. The van der Waals surface area contributed by atoms with Crippen LogP contribution in [0.3, 0.4) is 0 Å². The van der Waals surface area contributed by atoms with Gasteiger partial charge in [-0.25, -0.2) is 0 Å². The standard InChI is InChI=1S/C17H38N2/c1-7-12-13-19(16(6)8-2)15-17(9-3,10-4)14-18-11-5/h16,18H,7-15H2,1-6H3. The van der Waals surface area contributed by atoms with Gasteiger partial charge in [-0.15, -0.1) is 0 Å². The smallest absolute Gasteiger partial charge is 0.00645 e. The highest BCUT2D eigenvalue weighted by atomic mass is 15.2. The van der Waals surface area contributed by atoms with E-state index in [0.717, 1.165) is 13.1 Å². The van der Waals surface area contributed by atoms with Crippen molar-refractivity contribution in [3.8, 4) is 0 Å². The van der Waals surface area contributed by atoms with Gasteiger partial charge in [0.1, 0.15) is 0 Å². The Labute approximate surface area is 122 Å². The molecule has 0 radical (unpaired) electrons. The Morgan fingerprint density at radius 1 is 1.05 bits per heavy atom. The second-order valence-electron chi connectivity index (χ2n) is 6.07. The van der Waals surface area contributed by atoms with Crippen LogP contribution in [0.2, 0.25) is 0 Å². The van der Waals surface area contributed by atoms with Crippen LogP contribution in [-0.2, 0) is 0 Å². The first-order valence-electron chi connectivity index (χ1n) is 8.53. The van der Waals surface area contributed by atoms with Gasteiger partial charge in [-0.05, 0) is 51.1 Å². The third-order valence-corrected chi connectivity index (χ3v) is 4.80. The fraction of sp³-hybridized carbons (Fsp3) is 1.00. The molecule has 0 spiro atoms. The monoisotopic (exact) mass is 270 g/mol. The summed E-state index contributed by atoms with van der Waals surface area (Å²) in [7, 11) is 0. The van der Waals surface area contributed by atoms with Crippen LogP contribution < -0.4 is 5.32 Å². The molecular weight excluding hydrogens is 232 g/mol. The lowest BCUT2D eigenvalue weighted by Gasteiger charge is -2.40. The second kappa shape index (κ2) is 10.7. The van der Waals surface area contributed by atoms with Gasteiger partial charge in [0.25, 0.3) is 0 Å². The number of nitrogens with zero attached hydrogens (tertiary/aromatic N) is 1. The first-order valence-corrected chi connectivity index (χ1v) is 8.53. The highest BCUT2D eigenvalue weighted by Crippen LogP contribution is 2.28. The van der Waals surface area contributed by atoms with Gasteiger partial charge in [-0.3, -0.25) is 0 Å². The van der Waals surface area contributed by atoms with E-state index < -0.39 is 0 Å². The van der Waals surface area contributed by atoms with E-state index in [4.69, 9.17) is 0 Å². The normalized spacial score (nSPS) is 14.1. The Bertz CT molecular complexity index is 199. The van der Waals surface area contributed by atoms with Gasteiger partial charge < -0.3 is 10.2 Å². The molecule has 0 fully saturated rings. The van der Waals surface area contributed by atoms with Gasteiger partial charge in [-0.1, -0.05) is 41.0 Å². The van der Waals surface area contributed by atoms with E-state index in [1.165, 1.54) is 45.2 Å². The van der Waals surface area contributed by atoms with Crippen LogP contribution in [0.4, 0.5) is 0 Å². The van der Waals surface area contributed by atoms with Crippen LogP contribution in [0.15, 0.2) is 0 Å². The maximum absolute atomic E-state index is 3.58. The predicted molar refractivity (Wildman–Crippen MR) is 87.8 cm³/mol. The van der Waals surface area contributed by atoms with Crippen LogP contribution in [0.1, 0.15) is 73.6 Å². The summed E-state index contributed by atoms with van der Waals surface area (Å²) < 4.78 is 0. The summed E-state index contributed by atoms with van der Waals surface area (Å²) in [6.45, 7) is 18.7. The lowest BCUT2D eigenvalue weighted by atomic mass is 9.81. The molecule has 19 heavy (non-hydrogen) atoms. The molecule has 0 aromatic heterocycles. The van der Waals surface area contributed by atoms with Crippen LogP contribution in [0, 0.1) is 5.41 Å². The van der Waals surface area contributed by atoms with Crippen LogP contribution in [0.5, 0.6) is 0 Å². The molecule has 0 bridgehead atoms. The maximum atomic E-state index is 3.58. The second-order valence-corrected chi connectivity index (χ2v) is 6.07. The molecule has 1 unspecified atom stereocenters. The van der Waals surface area contributed by atoms with Crippen LogP contribution in [-0.4, -0.2) is 37.1 Å². The molecule has 0 heterocycles. The quantitative estimate of drug-likeness (QED) is 0.569. The van der Waals surface area contributed by atoms with Crippen molar-refractivity contribution in [3.63, 3.8) is 0 Å². The molecule has 1 atom stereocenters. The summed E-state index contributed by atoms with van der Waals surface area (Å²) in [5.74, 6) is 0. The number of hydrogen-bond donors (Lipinski definition) is 1. The van der Waals surface area contributed by atoms with Crippen LogP contribution >= 0.6 is 0 Å². The minimum absolute atomic E-state index is 0.452. The average molecular weight is 271 g/mol. The molecule has 0 aliphatic carbocycles. The molecule has 0 amide bonds. The zero-order valence-corrected chi connectivity index (χ0v) is 14.4. The Morgan fingerprint density at radius 3 is 2.11 bits per heavy atom. The number of unbranched alkanes of at least 4 members (excludes halogenated alkanes) is 1. The van der Waals surface area contributed by atoms with Crippen molar-refractivity contribution >= 4 is 0 Å². The third-order valence-electron chi connectivity index (χ3n) is 4.80. The molecule has 1 N–H and O–H groups in total. The highest BCUT2D eigenvalue weighted by molar-refractivity contribution is 4.84. The van der Waals surface area contributed by atoms with E-state index in [2.05, 4.69) is 51.8 Å². The van der Waals surface area contributed by atoms with Crippen LogP contribution in [0.25, 0.3) is 0 Å². The fourth-order valence-electron chi connectivity index (χ4n) is 2.68. The first kappa shape index (κ1) is 18.9. The Morgan fingerprint density at radius 2 is 1.68 bits per heavy atom. The number of nitrogens with one attached hydrogen (secondary N) is 1. The molecule has 0 aromatic rings. The topological polar surface area (TPSA) is 15.3 Å². The molecule has 116 valence electrons. The van der Waals surface area contributed by atoms with Gasteiger partial charge >= 0.3 is 0 Å². The van der Waals surface area contributed by atoms with Gasteiger partial charge in [-0.2, -0.15) is 0 Å². The zero-order chi connectivity index (χ0) is 14.7. The van der Waals surface area contributed by atoms with Crippen molar-refractivity contribution in [1.29, 1.82) is 0 Å². The van der Waals surface area contributed by atoms with Crippen molar-refractivity contribution in [2.24, 2.45) is 5.41 Å². The molecular formula is C17H38N2. The largest absolute Gasteiger partial charge is 0.316 e. The van der Waals surface area contributed by atoms with Crippen molar-refractivity contribution in [1.82, 2.24) is 10.2 Å². The summed E-state index contributed by atoms with van der Waals surface area (Å²) >= 11 is 0. The minimum atomic E-state index is 0.452. The van der Waals surface area contributed by atoms with E-state index in [1.807, 2.05) is 0 Å².